The van der Waals surface area contributed by atoms with Crippen molar-refractivity contribution in [3.8, 4) is 11.5 Å². The van der Waals surface area contributed by atoms with Gasteiger partial charge in [0.1, 0.15) is 0 Å². The van der Waals surface area contributed by atoms with Crippen LogP contribution >= 0.6 is 0 Å². The zero-order valence-corrected chi connectivity index (χ0v) is 14.5. The molecular weight excluding hydrogens is 332 g/mol. The standard InChI is InChI=1S/C16H22N2O5S/c1-12-8-14-15(23-11-22-14)9-16(12)24(19,20)18-3-2-13(10-18)17-4-6-21-7-5-17/h8-9,13H,2-7,10-11H2,1H3. The van der Waals surface area contributed by atoms with Crippen LogP contribution in [0.4, 0.5) is 0 Å². The molecule has 0 bridgehead atoms. The largest absolute Gasteiger partial charge is 0.454 e. The maximum Gasteiger partial charge on any atom is 0.243 e. The smallest absolute Gasteiger partial charge is 0.243 e. The first kappa shape index (κ1) is 16.1. The molecule has 0 spiro atoms. The normalized spacial score (nSPS) is 25.3. The molecule has 24 heavy (non-hydrogen) atoms. The molecule has 3 aliphatic heterocycles. The van der Waals surface area contributed by atoms with E-state index in [4.69, 9.17) is 14.2 Å². The van der Waals surface area contributed by atoms with Crippen LogP contribution in [-0.4, -0.2) is 69.9 Å². The number of benzene rings is 1. The van der Waals surface area contributed by atoms with Crippen LogP contribution in [-0.2, 0) is 14.8 Å². The molecule has 8 heteroatoms. The van der Waals surface area contributed by atoms with Gasteiger partial charge in [-0.15, -0.1) is 0 Å². The van der Waals surface area contributed by atoms with Crippen LogP contribution in [0.5, 0.6) is 11.5 Å². The van der Waals surface area contributed by atoms with Crippen molar-refractivity contribution in [1.82, 2.24) is 9.21 Å². The average molecular weight is 354 g/mol. The molecule has 2 fully saturated rings. The number of sulfonamides is 1. The molecule has 0 aliphatic carbocycles. The molecule has 1 unspecified atom stereocenters. The second kappa shape index (κ2) is 6.18. The predicted octanol–water partition coefficient (Wildman–Crippen LogP) is 0.819. The van der Waals surface area contributed by atoms with Crippen LogP contribution in [0.1, 0.15) is 12.0 Å². The first-order chi connectivity index (χ1) is 11.6. The van der Waals surface area contributed by atoms with Gasteiger partial charge in [-0.2, -0.15) is 4.31 Å². The van der Waals surface area contributed by atoms with Crippen LogP contribution in [0.15, 0.2) is 17.0 Å². The Kier molecular flexibility index (Phi) is 4.16. The summed E-state index contributed by atoms with van der Waals surface area (Å²) in [4.78, 5) is 2.65. The third-order valence-electron chi connectivity index (χ3n) is 4.98. The summed E-state index contributed by atoms with van der Waals surface area (Å²) in [6.45, 7) is 6.23. The number of hydrogen-bond acceptors (Lipinski definition) is 6. The highest BCUT2D eigenvalue weighted by Gasteiger charge is 2.37. The molecule has 1 aromatic rings. The molecule has 1 atom stereocenters. The summed E-state index contributed by atoms with van der Waals surface area (Å²) >= 11 is 0. The molecule has 132 valence electrons. The Balaban J connectivity index is 1.55. The molecule has 7 nitrogen and oxygen atoms in total. The topological polar surface area (TPSA) is 68.3 Å². The predicted molar refractivity (Wildman–Crippen MR) is 86.9 cm³/mol. The third kappa shape index (κ3) is 2.77. The molecule has 0 amide bonds. The van der Waals surface area contributed by atoms with Crippen LogP contribution in [0, 0.1) is 6.92 Å². The van der Waals surface area contributed by atoms with Gasteiger partial charge in [-0.25, -0.2) is 8.42 Å². The van der Waals surface area contributed by atoms with Crippen molar-refractivity contribution in [2.45, 2.75) is 24.3 Å². The van der Waals surface area contributed by atoms with Gasteiger partial charge < -0.3 is 14.2 Å². The zero-order valence-electron chi connectivity index (χ0n) is 13.7. The Morgan fingerprint density at radius 1 is 1.08 bits per heavy atom. The number of fused-ring (bicyclic) bond motifs is 1. The number of hydrogen-bond donors (Lipinski definition) is 0. The number of ether oxygens (including phenoxy) is 3. The summed E-state index contributed by atoms with van der Waals surface area (Å²) in [5, 5.41) is 0. The highest BCUT2D eigenvalue weighted by molar-refractivity contribution is 7.89. The van der Waals surface area contributed by atoms with E-state index < -0.39 is 10.0 Å². The fourth-order valence-electron chi connectivity index (χ4n) is 3.61. The van der Waals surface area contributed by atoms with E-state index in [-0.39, 0.29) is 12.8 Å². The van der Waals surface area contributed by atoms with Gasteiger partial charge in [0, 0.05) is 38.3 Å². The van der Waals surface area contributed by atoms with E-state index in [0.717, 1.165) is 32.7 Å². The van der Waals surface area contributed by atoms with Crippen molar-refractivity contribution in [3.05, 3.63) is 17.7 Å². The Labute approximate surface area is 142 Å². The van der Waals surface area contributed by atoms with Crippen molar-refractivity contribution in [2.24, 2.45) is 0 Å². The summed E-state index contributed by atoms with van der Waals surface area (Å²) in [6, 6.07) is 3.61. The first-order valence-corrected chi connectivity index (χ1v) is 9.72. The molecule has 0 saturated carbocycles. The maximum absolute atomic E-state index is 13.1. The van der Waals surface area contributed by atoms with Gasteiger partial charge in [-0.3, -0.25) is 4.90 Å². The summed E-state index contributed by atoms with van der Waals surface area (Å²) in [5.74, 6) is 1.11. The Bertz CT molecular complexity index is 730. The highest BCUT2D eigenvalue weighted by Crippen LogP contribution is 2.37. The fraction of sp³-hybridized carbons (Fsp3) is 0.625. The average Bonchev–Trinajstić information content (AvgIpc) is 3.24. The molecular formula is C16H22N2O5S. The maximum atomic E-state index is 13.1. The van der Waals surface area contributed by atoms with Crippen molar-refractivity contribution < 1.29 is 22.6 Å². The van der Waals surface area contributed by atoms with E-state index in [1.807, 2.05) is 0 Å². The van der Waals surface area contributed by atoms with Gasteiger partial charge in [0.05, 0.1) is 18.1 Å². The molecule has 0 N–H and O–H groups in total. The summed E-state index contributed by atoms with van der Waals surface area (Å²) < 4.78 is 43.8. The highest BCUT2D eigenvalue weighted by atomic mass is 32.2. The summed E-state index contributed by atoms with van der Waals surface area (Å²) in [6.07, 6.45) is 0.864. The van der Waals surface area contributed by atoms with E-state index in [1.165, 1.54) is 0 Å². The zero-order chi connectivity index (χ0) is 16.7. The Morgan fingerprint density at radius 2 is 1.79 bits per heavy atom. The quantitative estimate of drug-likeness (QED) is 0.801. The van der Waals surface area contributed by atoms with Gasteiger partial charge in [0.25, 0.3) is 0 Å². The minimum absolute atomic E-state index is 0.140. The minimum atomic E-state index is -3.52. The summed E-state index contributed by atoms with van der Waals surface area (Å²) in [7, 11) is -3.52. The van der Waals surface area contributed by atoms with E-state index in [9.17, 15) is 8.42 Å². The van der Waals surface area contributed by atoms with Crippen LogP contribution in [0.3, 0.4) is 0 Å². The van der Waals surface area contributed by atoms with Crippen LogP contribution < -0.4 is 9.47 Å². The van der Waals surface area contributed by atoms with Gasteiger partial charge in [0.2, 0.25) is 16.8 Å². The SMILES string of the molecule is Cc1cc2c(cc1S(=O)(=O)N1CCC(N3CCOCC3)C1)OCO2. The van der Waals surface area contributed by atoms with Crippen molar-refractivity contribution in [3.63, 3.8) is 0 Å². The van der Waals surface area contributed by atoms with Gasteiger partial charge in [0.15, 0.2) is 11.5 Å². The van der Waals surface area contributed by atoms with Crippen molar-refractivity contribution in [1.29, 1.82) is 0 Å². The monoisotopic (exact) mass is 354 g/mol. The molecule has 3 aliphatic rings. The molecule has 2 saturated heterocycles. The van der Waals surface area contributed by atoms with E-state index in [0.29, 0.717) is 35.0 Å². The number of nitrogens with zero attached hydrogens (tertiary/aromatic N) is 2. The van der Waals surface area contributed by atoms with E-state index >= 15 is 0 Å². The van der Waals surface area contributed by atoms with Crippen molar-refractivity contribution >= 4 is 10.0 Å². The molecule has 3 heterocycles. The molecule has 0 aromatic heterocycles. The summed E-state index contributed by atoms with van der Waals surface area (Å²) in [5.41, 5.74) is 0.689. The van der Waals surface area contributed by atoms with Crippen molar-refractivity contribution in [2.75, 3.05) is 46.2 Å². The van der Waals surface area contributed by atoms with Gasteiger partial charge >= 0.3 is 0 Å². The number of rotatable bonds is 3. The number of aryl methyl sites for hydroxylation is 1. The van der Waals surface area contributed by atoms with Gasteiger partial charge in [-0.05, 0) is 25.0 Å². The lowest BCUT2D eigenvalue weighted by molar-refractivity contribution is 0.0197. The second-order valence-electron chi connectivity index (χ2n) is 6.42. The third-order valence-corrected chi connectivity index (χ3v) is 6.98. The lowest BCUT2D eigenvalue weighted by atomic mass is 10.2. The molecule has 1 aromatic carbocycles. The Morgan fingerprint density at radius 3 is 2.54 bits per heavy atom. The lowest BCUT2D eigenvalue weighted by Crippen LogP contribution is -2.45. The van der Waals surface area contributed by atoms with E-state index in [1.54, 1.807) is 23.4 Å². The molecule has 4 rings (SSSR count). The van der Waals surface area contributed by atoms with Crippen LogP contribution in [0.2, 0.25) is 0 Å². The number of morpholine rings is 1. The van der Waals surface area contributed by atoms with Gasteiger partial charge in [-0.1, -0.05) is 0 Å². The van der Waals surface area contributed by atoms with E-state index in [2.05, 4.69) is 4.90 Å². The molecule has 0 radical (unpaired) electrons. The fourth-order valence-corrected chi connectivity index (χ4v) is 5.33. The second-order valence-corrected chi connectivity index (χ2v) is 8.33. The minimum Gasteiger partial charge on any atom is -0.454 e. The van der Waals surface area contributed by atoms with Crippen LogP contribution in [0.25, 0.3) is 0 Å². The lowest BCUT2D eigenvalue weighted by Gasteiger charge is -2.32. The first-order valence-electron chi connectivity index (χ1n) is 8.28. The Hall–Kier alpha value is -1.35.